The van der Waals surface area contributed by atoms with Crippen LogP contribution in [-0.4, -0.2) is 23.9 Å². The van der Waals surface area contributed by atoms with Crippen molar-refractivity contribution in [2.45, 2.75) is 46.1 Å². The highest BCUT2D eigenvalue weighted by atomic mass is 16.5. The topological polar surface area (TPSA) is 41.5 Å². The molecule has 0 aromatic heterocycles. The molecular weight excluding hydrogens is 214 g/mol. The van der Waals surface area contributed by atoms with E-state index in [0.717, 1.165) is 13.2 Å². The summed E-state index contributed by atoms with van der Waals surface area (Å²) in [5, 5.41) is 12.7. The van der Waals surface area contributed by atoms with E-state index >= 15 is 0 Å². The molecular formula is C14H23NO2. The van der Waals surface area contributed by atoms with Crippen LogP contribution in [0.2, 0.25) is 0 Å². The summed E-state index contributed by atoms with van der Waals surface area (Å²) in [5.74, 6) is 0. The van der Waals surface area contributed by atoms with Crippen LogP contribution in [0.25, 0.3) is 0 Å². The molecule has 0 heterocycles. The van der Waals surface area contributed by atoms with Gasteiger partial charge in [-0.05, 0) is 31.9 Å². The van der Waals surface area contributed by atoms with Crippen LogP contribution in [0, 0.1) is 0 Å². The molecule has 0 saturated heterocycles. The Kier molecular flexibility index (Phi) is 6.19. The zero-order chi connectivity index (χ0) is 12.7. The number of nitrogens with one attached hydrogen (secondary N) is 1. The van der Waals surface area contributed by atoms with E-state index in [4.69, 9.17) is 4.74 Å². The van der Waals surface area contributed by atoms with Crippen molar-refractivity contribution in [2.24, 2.45) is 0 Å². The van der Waals surface area contributed by atoms with Crippen LogP contribution in [0.4, 0.5) is 0 Å². The number of benzene rings is 1. The van der Waals surface area contributed by atoms with Crippen LogP contribution in [0.15, 0.2) is 24.3 Å². The minimum Gasteiger partial charge on any atom is -0.392 e. The SMILES string of the molecule is CCOCc1ccccc1CNC(C)C(C)O. The van der Waals surface area contributed by atoms with E-state index in [-0.39, 0.29) is 12.1 Å². The van der Waals surface area contributed by atoms with Gasteiger partial charge < -0.3 is 15.2 Å². The van der Waals surface area contributed by atoms with Gasteiger partial charge >= 0.3 is 0 Å². The Morgan fingerprint density at radius 1 is 1.24 bits per heavy atom. The predicted molar refractivity (Wildman–Crippen MR) is 69.8 cm³/mol. The lowest BCUT2D eigenvalue weighted by molar-refractivity contribution is 0.132. The van der Waals surface area contributed by atoms with E-state index in [1.165, 1.54) is 11.1 Å². The first kappa shape index (κ1) is 14.2. The minimum absolute atomic E-state index is 0.0927. The van der Waals surface area contributed by atoms with Crippen LogP contribution in [0.3, 0.4) is 0 Å². The second kappa shape index (κ2) is 7.43. The molecule has 0 radical (unpaired) electrons. The van der Waals surface area contributed by atoms with Crippen LogP contribution < -0.4 is 5.32 Å². The van der Waals surface area contributed by atoms with Crippen molar-refractivity contribution < 1.29 is 9.84 Å². The van der Waals surface area contributed by atoms with Crippen LogP contribution in [0.5, 0.6) is 0 Å². The van der Waals surface area contributed by atoms with E-state index in [1.54, 1.807) is 6.92 Å². The zero-order valence-corrected chi connectivity index (χ0v) is 10.9. The third-order valence-electron chi connectivity index (χ3n) is 2.92. The van der Waals surface area contributed by atoms with E-state index < -0.39 is 0 Å². The van der Waals surface area contributed by atoms with Gasteiger partial charge in [0, 0.05) is 19.2 Å². The number of ether oxygens (including phenoxy) is 1. The molecule has 0 aliphatic heterocycles. The first-order valence-electron chi connectivity index (χ1n) is 6.21. The standard InChI is InChI=1S/C14H23NO2/c1-4-17-10-14-8-6-5-7-13(14)9-15-11(2)12(3)16/h5-8,11-12,15-16H,4,9-10H2,1-3H3. The highest BCUT2D eigenvalue weighted by molar-refractivity contribution is 5.26. The lowest BCUT2D eigenvalue weighted by Gasteiger charge is -2.18. The van der Waals surface area contributed by atoms with Gasteiger partial charge in [-0.1, -0.05) is 24.3 Å². The number of rotatable bonds is 7. The summed E-state index contributed by atoms with van der Waals surface area (Å²) >= 11 is 0. The monoisotopic (exact) mass is 237 g/mol. The van der Waals surface area contributed by atoms with Gasteiger partial charge in [-0.15, -0.1) is 0 Å². The van der Waals surface area contributed by atoms with E-state index in [1.807, 2.05) is 26.0 Å². The average Bonchev–Trinajstić information content (AvgIpc) is 2.34. The fourth-order valence-corrected chi connectivity index (χ4v) is 1.52. The first-order chi connectivity index (χ1) is 8.15. The molecule has 0 bridgehead atoms. The van der Waals surface area contributed by atoms with Gasteiger partial charge in [0.25, 0.3) is 0 Å². The van der Waals surface area contributed by atoms with Gasteiger partial charge in [-0.25, -0.2) is 0 Å². The predicted octanol–water partition coefficient (Wildman–Crippen LogP) is 2.08. The fourth-order valence-electron chi connectivity index (χ4n) is 1.52. The van der Waals surface area contributed by atoms with Gasteiger partial charge in [0.1, 0.15) is 0 Å². The second-order valence-electron chi connectivity index (χ2n) is 4.32. The van der Waals surface area contributed by atoms with Gasteiger partial charge in [0.2, 0.25) is 0 Å². The van der Waals surface area contributed by atoms with Crippen molar-refractivity contribution >= 4 is 0 Å². The molecule has 2 atom stereocenters. The highest BCUT2D eigenvalue weighted by Gasteiger charge is 2.08. The molecule has 0 fully saturated rings. The molecule has 0 aliphatic carbocycles. The van der Waals surface area contributed by atoms with Crippen molar-refractivity contribution in [3.63, 3.8) is 0 Å². The molecule has 17 heavy (non-hydrogen) atoms. The van der Waals surface area contributed by atoms with Crippen molar-refractivity contribution in [2.75, 3.05) is 6.61 Å². The van der Waals surface area contributed by atoms with Crippen molar-refractivity contribution in [3.8, 4) is 0 Å². The zero-order valence-electron chi connectivity index (χ0n) is 10.9. The molecule has 3 nitrogen and oxygen atoms in total. The number of aliphatic hydroxyl groups is 1. The Balaban J connectivity index is 2.57. The summed E-state index contributed by atoms with van der Waals surface area (Å²) in [6.45, 7) is 7.91. The number of hydrogen-bond acceptors (Lipinski definition) is 3. The van der Waals surface area contributed by atoms with Crippen molar-refractivity contribution in [3.05, 3.63) is 35.4 Å². The lowest BCUT2D eigenvalue weighted by atomic mass is 10.1. The molecule has 0 amide bonds. The maximum Gasteiger partial charge on any atom is 0.0719 e. The van der Waals surface area contributed by atoms with Crippen LogP contribution in [-0.2, 0) is 17.9 Å². The van der Waals surface area contributed by atoms with Crippen molar-refractivity contribution in [1.82, 2.24) is 5.32 Å². The maximum atomic E-state index is 9.42. The van der Waals surface area contributed by atoms with Gasteiger partial charge in [-0.3, -0.25) is 0 Å². The number of hydrogen-bond donors (Lipinski definition) is 2. The normalized spacial score (nSPS) is 14.6. The molecule has 0 aliphatic rings. The van der Waals surface area contributed by atoms with Crippen LogP contribution >= 0.6 is 0 Å². The van der Waals surface area contributed by atoms with Gasteiger partial charge in [0.15, 0.2) is 0 Å². The molecule has 2 unspecified atom stereocenters. The molecule has 0 spiro atoms. The molecule has 1 aromatic rings. The summed E-state index contributed by atoms with van der Waals surface area (Å²) in [6.07, 6.45) is -0.339. The summed E-state index contributed by atoms with van der Waals surface area (Å²) in [7, 11) is 0. The van der Waals surface area contributed by atoms with E-state index in [9.17, 15) is 5.11 Å². The van der Waals surface area contributed by atoms with Crippen LogP contribution in [0.1, 0.15) is 31.9 Å². The second-order valence-corrected chi connectivity index (χ2v) is 4.32. The van der Waals surface area contributed by atoms with E-state index in [2.05, 4.69) is 17.4 Å². The molecule has 1 aromatic carbocycles. The molecule has 2 N–H and O–H groups in total. The molecule has 1 rings (SSSR count). The van der Waals surface area contributed by atoms with Gasteiger partial charge in [-0.2, -0.15) is 0 Å². The smallest absolute Gasteiger partial charge is 0.0719 e. The molecule has 3 heteroatoms. The Morgan fingerprint density at radius 2 is 1.88 bits per heavy atom. The first-order valence-corrected chi connectivity index (χ1v) is 6.21. The third kappa shape index (κ3) is 4.86. The fraction of sp³-hybridized carbons (Fsp3) is 0.571. The molecule has 0 saturated carbocycles. The highest BCUT2D eigenvalue weighted by Crippen LogP contribution is 2.10. The number of aliphatic hydroxyl groups excluding tert-OH is 1. The largest absolute Gasteiger partial charge is 0.392 e. The van der Waals surface area contributed by atoms with Crippen molar-refractivity contribution in [1.29, 1.82) is 0 Å². The van der Waals surface area contributed by atoms with Gasteiger partial charge in [0.05, 0.1) is 12.7 Å². The average molecular weight is 237 g/mol. The Labute approximate surface area is 104 Å². The summed E-state index contributed by atoms with van der Waals surface area (Å²) in [4.78, 5) is 0. The minimum atomic E-state index is -0.339. The summed E-state index contributed by atoms with van der Waals surface area (Å²) in [6, 6.07) is 8.32. The Hall–Kier alpha value is -0.900. The summed E-state index contributed by atoms with van der Waals surface area (Å²) < 4.78 is 5.44. The summed E-state index contributed by atoms with van der Waals surface area (Å²) in [5.41, 5.74) is 2.44. The van der Waals surface area contributed by atoms with E-state index in [0.29, 0.717) is 6.61 Å². The Bertz CT molecular complexity index is 326. The third-order valence-corrected chi connectivity index (χ3v) is 2.92. The molecule has 96 valence electrons. The Morgan fingerprint density at radius 3 is 2.47 bits per heavy atom. The maximum absolute atomic E-state index is 9.42. The quantitative estimate of drug-likeness (QED) is 0.763. The lowest BCUT2D eigenvalue weighted by Crippen LogP contribution is -2.35.